The summed E-state index contributed by atoms with van der Waals surface area (Å²) < 4.78 is 26.2. The standard InChI is InChI=1S/C13H17ClN2O2S/c1-3-7-16(8-4-2)19(17,18)12-5-6-13(14)11(9-12)10-15/h1,5-6,9H,4,7-8,10,15H2,2H3. The van der Waals surface area contributed by atoms with Crippen molar-refractivity contribution in [1.82, 2.24) is 4.31 Å². The topological polar surface area (TPSA) is 63.4 Å². The number of terminal acetylenes is 1. The second-order valence-electron chi connectivity index (χ2n) is 4.00. The number of hydrogen-bond acceptors (Lipinski definition) is 3. The van der Waals surface area contributed by atoms with Crippen LogP contribution in [0.5, 0.6) is 0 Å². The minimum absolute atomic E-state index is 0.0523. The highest BCUT2D eigenvalue weighted by atomic mass is 35.5. The summed E-state index contributed by atoms with van der Waals surface area (Å²) in [7, 11) is -3.60. The van der Waals surface area contributed by atoms with Gasteiger partial charge in [-0.05, 0) is 30.2 Å². The maximum Gasteiger partial charge on any atom is 0.243 e. The summed E-state index contributed by atoms with van der Waals surface area (Å²) >= 11 is 5.93. The lowest BCUT2D eigenvalue weighted by molar-refractivity contribution is 0.445. The van der Waals surface area contributed by atoms with E-state index in [0.29, 0.717) is 23.6 Å². The van der Waals surface area contributed by atoms with E-state index in [1.807, 2.05) is 6.92 Å². The summed E-state index contributed by atoms with van der Waals surface area (Å²) in [6.45, 7) is 2.52. The van der Waals surface area contributed by atoms with Crippen molar-refractivity contribution < 1.29 is 8.42 Å². The third kappa shape index (κ3) is 3.71. The summed E-state index contributed by atoms with van der Waals surface area (Å²) in [5, 5.41) is 0.459. The molecule has 0 heterocycles. The quantitative estimate of drug-likeness (QED) is 0.815. The molecule has 1 aromatic carbocycles. The highest BCUT2D eigenvalue weighted by Gasteiger charge is 2.23. The molecule has 1 aromatic rings. The number of nitrogens with zero attached hydrogens (tertiary/aromatic N) is 1. The molecule has 0 bridgehead atoms. The van der Waals surface area contributed by atoms with E-state index in [1.54, 1.807) is 0 Å². The van der Waals surface area contributed by atoms with Crippen LogP contribution in [0, 0.1) is 12.3 Å². The third-order valence-corrected chi connectivity index (χ3v) is 4.83. The molecule has 0 aliphatic heterocycles. The van der Waals surface area contributed by atoms with Crippen molar-refractivity contribution in [3.05, 3.63) is 28.8 Å². The van der Waals surface area contributed by atoms with Crippen LogP contribution >= 0.6 is 11.6 Å². The van der Waals surface area contributed by atoms with E-state index in [2.05, 4.69) is 5.92 Å². The van der Waals surface area contributed by atoms with E-state index in [0.717, 1.165) is 0 Å². The number of rotatable bonds is 6. The largest absolute Gasteiger partial charge is 0.326 e. The first-order chi connectivity index (χ1) is 8.97. The number of sulfonamides is 1. The van der Waals surface area contributed by atoms with Crippen molar-refractivity contribution in [3.8, 4) is 12.3 Å². The van der Waals surface area contributed by atoms with Crippen LogP contribution in [-0.2, 0) is 16.6 Å². The molecule has 0 fully saturated rings. The molecule has 2 N–H and O–H groups in total. The first kappa shape index (κ1) is 16.0. The molecule has 0 saturated carbocycles. The van der Waals surface area contributed by atoms with Gasteiger partial charge in [0.25, 0.3) is 0 Å². The molecule has 0 spiro atoms. The first-order valence-corrected chi connectivity index (χ1v) is 7.71. The van der Waals surface area contributed by atoms with Gasteiger partial charge in [0.2, 0.25) is 10.0 Å². The normalized spacial score (nSPS) is 11.5. The Labute approximate surface area is 119 Å². The van der Waals surface area contributed by atoms with E-state index in [-0.39, 0.29) is 18.0 Å². The van der Waals surface area contributed by atoms with Crippen molar-refractivity contribution in [3.63, 3.8) is 0 Å². The molecule has 6 heteroatoms. The Hall–Kier alpha value is -1.06. The minimum Gasteiger partial charge on any atom is -0.326 e. The molecular weight excluding hydrogens is 284 g/mol. The molecule has 4 nitrogen and oxygen atoms in total. The monoisotopic (exact) mass is 300 g/mol. The van der Waals surface area contributed by atoms with E-state index in [9.17, 15) is 8.42 Å². The Bertz CT molecular complexity index is 579. The molecule has 1 rings (SSSR count). The van der Waals surface area contributed by atoms with Gasteiger partial charge in [-0.15, -0.1) is 6.42 Å². The highest BCUT2D eigenvalue weighted by Crippen LogP contribution is 2.22. The van der Waals surface area contributed by atoms with Crippen LogP contribution in [0.25, 0.3) is 0 Å². The van der Waals surface area contributed by atoms with Crippen molar-refractivity contribution in [1.29, 1.82) is 0 Å². The van der Waals surface area contributed by atoms with Crippen LogP contribution in [0.1, 0.15) is 18.9 Å². The lowest BCUT2D eigenvalue weighted by Crippen LogP contribution is -2.32. The molecule has 0 atom stereocenters. The average molecular weight is 301 g/mol. The van der Waals surface area contributed by atoms with Crippen LogP contribution in [-0.4, -0.2) is 25.8 Å². The van der Waals surface area contributed by atoms with Gasteiger partial charge in [-0.2, -0.15) is 4.31 Å². The van der Waals surface area contributed by atoms with Crippen molar-refractivity contribution in [2.24, 2.45) is 5.73 Å². The summed E-state index contributed by atoms with van der Waals surface area (Å²) in [5.74, 6) is 2.36. The Morgan fingerprint density at radius 1 is 1.47 bits per heavy atom. The van der Waals surface area contributed by atoms with Gasteiger partial charge in [0.05, 0.1) is 11.4 Å². The van der Waals surface area contributed by atoms with Crippen LogP contribution in [0.4, 0.5) is 0 Å². The molecule has 0 aliphatic rings. The fourth-order valence-electron chi connectivity index (χ4n) is 1.65. The molecule has 0 saturated heterocycles. The third-order valence-electron chi connectivity index (χ3n) is 2.62. The molecule has 0 aromatic heterocycles. The number of nitrogens with two attached hydrogens (primary N) is 1. The molecule has 19 heavy (non-hydrogen) atoms. The van der Waals surface area contributed by atoms with Crippen LogP contribution < -0.4 is 5.73 Å². The second kappa shape index (κ2) is 6.92. The van der Waals surface area contributed by atoms with Gasteiger partial charge in [0, 0.05) is 18.1 Å². The summed E-state index contributed by atoms with van der Waals surface area (Å²) in [5.41, 5.74) is 6.13. The molecular formula is C13H17ClN2O2S. The number of halogens is 1. The second-order valence-corrected chi connectivity index (χ2v) is 6.35. The van der Waals surface area contributed by atoms with Crippen LogP contribution in [0.3, 0.4) is 0 Å². The van der Waals surface area contributed by atoms with Gasteiger partial charge in [0.1, 0.15) is 0 Å². The number of benzene rings is 1. The summed E-state index contributed by atoms with van der Waals surface area (Å²) in [6, 6.07) is 4.50. The minimum atomic E-state index is -3.60. The predicted molar refractivity (Wildman–Crippen MR) is 77.2 cm³/mol. The van der Waals surface area contributed by atoms with Crippen LogP contribution in [0.2, 0.25) is 5.02 Å². The van der Waals surface area contributed by atoms with E-state index >= 15 is 0 Å². The zero-order chi connectivity index (χ0) is 14.5. The van der Waals surface area contributed by atoms with Gasteiger partial charge < -0.3 is 5.73 Å². The Kier molecular flexibility index (Phi) is 5.83. The predicted octanol–water partition coefficient (Wildman–Crippen LogP) is 1.83. The zero-order valence-electron chi connectivity index (χ0n) is 10.8. The van der Waals surface area contributed by atoms with E-state index in [1.165, 1.54) is 22.5 Å². The van der Waals surface area contributed by atoms with Gasteiger partial charge in [-0.3, -0.25) is 0 Å². The van der Waals surface area contributed by atoms with Crippen LogP contribution in [0.15, 0.2) is 23.1 Å². The fourth-order valence-corrected chi connectivity index (χ4v) is 3.34. The summed E-state index contributed by atoms with van der Waals surface area (Å²) in [6.07, 6.45) is 5.91. The molecule has 104 valence electrons. The van der Waals surface area contributed by atoms with E-state index < -0.39 is 10.0 Å². The Balaban J connectivity index is 3.21. The highest BCUT2D eigenvalue weighted by molar-refractivity contribution is 7.89. The van der Waals surface area contributed by atoms with Gasteiger partial charge in [-0.25, -0.2) is 8.42 Å². The smallest absolute Gasteiger partial charge is 0.243 e. The number of hydrogen-bond donors (Lipinski definition) is 1. The molecule has 0 radical (unpaired) electrons. The Morgan fingerprint density at radius 2 is 2.16 bits per heavy atom. The Morgan fingerprint density at radius 3 is 2.68 bits per heavy atom. The zero-order valence-corrected chi connectivity index (χ0v) is 12.3. The maximum atomic E-state index is 12.4. The van der Waals surface area contributed by atoms with Crippen molar-refractivity contribution in [2.45, 2.75) is 24.8 Å². The summed E-state index contributed by atoms with van der Waals surface area (Å²) in [4.78, 5) is 0.168. The molecule has 0 unspecified atom stereocenters. The van der Waals surface area contributed by atoms with Gasteiger partial charge in [0.15, 0.2) is 0 Å². The van der Waals surface area contributed by atoms with Gasteiger partial charge in [-0.1, -0.05) is 24.4 Å². The average Bonchev–Trinajstić information content (AvgIpc) is 2.38. The molecule has 0 amide bonds. The lowest BCUT2D eigenvalue weighted by Gasteiger charge is -2.19. The maximum absolute atomic E-state index is 12.4. The van der Waals surface area contributed by atoms with Gasteiger partial charge >= 0.3 is 0 Å². The van der Waals surface area contributed by atoms with E-state index in [4.69, 9.17) is 23.8 Å². The van der Waals surface area contributed by atoms with Crippen molar-refractivity contribution >= 4 is 21.6 Å². The lowest BCUT2D eigenvalue weighted by atomic mass is 10.2. The first-order valence-electron chi connectivity index (χ1n) is 5.89. The molecule has 0 aliphatic carbocycles. The fraction of sp³-hybridized carbons (Fsp3) is 0.385. The SMILES string of the molecule is C#CCN(CCC)S(=O)(=O)c1ccc(Cl)c(CN)c1. The van der Waals surface area contributed by atoms with Crippen molar-refractivity contribution in [2.75, 3.05) is 13.1 Å².